The second-order valence-electron chi connectivity index (χ2n) is 5.48. The Hall–Kier alpha value is -1.11. The molecule has 0 bridgehead atoms. The number of benzene rings is 1. The molecular formula is C16H21F. The largest absolute Gasteiger partial charge is 0.206 e. The average molecular weight is 232 g/mol. The zero-order valence-corrected chi connectivity index (χ0v) is 10.8. The average Bonchev–Trinajstić information content (AvgIpc) is 2.29. The first-order valence-electron chi connectivity index (χ1n) is 6.53. The summed E-state index contributed by atoms with van der Waals surface area (Å²) in [6.45, 7) is 7.95. The van der Waals surface area contributed by atoms with Crippen molar-refractivity contribution in [1.82, 2.24) is 0 Å². The van der Waals surface area contributed by atoms with Gasteiger partial charge in [-0.25, -0.2) is 4.39 Å². The lowest BCUT2D eigenvalue weighted by Gasteiger charge is -2.26. The van der Waals surface area contributed by atoms with Gasteiger partial charge in [-0.15, -0.1) is 0 Å². The lowest BCUT2D eigenvalue weighted by molar-refractivity contribution is 0.347. The minimum atomic E-state index is -0.117. The third-order valence-electron chi connectivity index (χ3n) is 3.94. The molecule has 1 aromatic rings. The van der Waals surface area contributed by atoms with Crippen LogP contribution >= 0.6 is 0 Å². The molecule has 1 fully saturated rings. The first-order valence-corrected chi connectivity index (χ1v) is 6.53. The molecule has 1 aliphatic carbocycles. The van der Waals surface area contributed by atoms with E-state index < -0.39 is 0 Å². The standard InChI is InChI=1S/C16H21F/c1-11(2)15-9-8-14(10-16(15)17)13-6-4-12(3)5-7-13/h8-10,12-13H,1,4-7H2,2-3H3. The molecule has 0 unspecified atom stereocenters. The Balaban J connectivity index is 2.17. The molecule has 0 radical (unpaired) electrons. The van der Waals surface area contributed by atoms with Crippen LogP contribution in [0.3, 0.4) is 0 Å². The highest BCUT2D eigenvalue weighted by Crippen LogP contribution is 2.36. The molecule has 2 rings (SSSR count). The monoisotopic (exact) mass is 232 g/mol. The van der Waals surface area contributed by atoms with Gasteiger partial charge in [0.05, 0.1) is 0 Å². The molecule has 0 aromatic heterocycles. The molecule has 0 heterocycles. The Morgan fingerprint density at radius 1 is 1.24 bits per heavy atom. The van der Waals surface area contributed by atoms with Crippen molar-refractivity contribution >= 4 is 5.57 Å². The Bertz CT molecular complexity index is 412. The minimum absolute atomic E-state index is 0.117. The van der Waals surface area contributed by atoms with Gasteiger partial charge in [-0.2, -0.15) is 0 Å². The predicted octanol–water partition coefficient (Wildman–Crippen LogP) is 5.15. The smallest absolute Gasteiger partial charge is 0.130 e. The summed E-state index contributed by atoms with van der Waals surface area (Å²) in [5.74, 6) is 1.28. The normalized spacial score (nSPS) is 24.6. The predicted molar refractivity (Wildman–Crippen MR) is 71.5 cm³/mol. The van der Waals surface area contributed by atoms with Crippen molar-refractivity contribution in [2.75, 3.05) is 0 Å². The summed E-state index contributed by atoms with van der Waals surface area (Å²) < 4.78 is 13.9. The molecule has 1 saturated carbocycles. The number of halogens is 1. The van der Waals surface area contributed by atoms with Crippen LogP contribution in [0.2, 0.25) is 0 Å². The fourth-order valence-electron chi connectivity index (χ4n) is 2.72. The minimum Gasteiger partial charge on any atom is -0.206 e. The molecule has 17 heavy (non-hydrogen) atoms. The van der Waals surface area contributed by atoms with E-state index in [2.05, 4.69) is 19.6 Å². The maximum atomic E-state index is 13.9. The molecule has 92 valence electrons. The van der Waals surface area contributed by atoms with E-state index in [0.717, 1.165) is 11.5 Å². The maximum Gasteiger partial charge on any atom is 0.130 e. The van der Waals surface area contributed by atoms with E-state index in [4.69, 9.17) is 0 Å². The zero-order chi connectivity index (χ0) is 12.4. The summed E-state index contributed by atoms with van der Waals surface area (Å²) in [5.41, 5.74) is 2.61. The number of hydrogen-bond donors (Lipinski definition) is 0. The first-order chi connectivity index (χ1) is 8.08. The number of allylic oxidation sites excluding steroid dienone is 1. The van der Waals surface area contributed by atoms with E-state index in [9.17, 15) is 4.39 Å². The van der Waals surface area contributed by atoms with E-state index >= 15 is 0 Å². The van der Waals surface area contributed by atoms with E-state index in [1.807, 2.05) is 13.0 Å². The van der Waals surface area contributed by atoms with Gasteiger partial charge in [0.25, 0.3) is 0 Å². The molecule has 1 heteroatoms. The van der Waals surface area contributed by atoms with E-state index in [-0.39, 0.29) is 5.82 Å². The number of hydrogen-bond acceptors (Lipinski definition) is 0. The summed E-state index contributed by atoms with van der Waals surface area (Å²) in [4.78, 5) is 0. The van der Waals surface area contributed by atoms with Crippen molar-refractivity contribution in [3.05, 3.63) is 41.7 Å². The zero-order valence-electron chi connectivity index (χ0n) is 10.8. The molecule has 0 N–H and O–H groups in total. The third kappa shape index (κ3) is 2.77. The van der Waals surface area contributed by atoms with E-state index in [1.165, 1.54) is 31.2 Å². The van der Waals surface area contributed by atoms with E-state index in [1.54, 1.807) is 6.07 Å². The van der Waals surface area contributed by atoms with Crippen molar-refractivity contribution in [3.8, 4) is 0 Å². The molecule has 0 amide bonds. The highest BCUT2D eigenvalue weighted by atomic mass is 19.1. The lowest BCUT2D eigenvalue weighted by atomic mass is 9.79. The van der Waals surface area contributed by atoms with Crippen LogP contribution in [0, 0.1) is 11.7 Å². The summed E-state index contributed by atoms with van der Waals surface area (Å²) in [6.07, 6.45) is 4.95. The highest BCUT2D eigenvalue weighted by molar-refractivity contribution is 5.62. The molecule has 1 aliphatic rings. The van der Waals surface area contributed by atoms with Crippen LogP contribution in [0.15, 0.2) is 24.8 Å². The quantitative estimate of drug-likeness (QED) is 0.661. The molecule has 1 aromatic carbocycles. The Labute approximate surface area is 104 Å². The first kappa shape index (κ1) is 12.3. The molecule has 0 spiro atoms. The molecular weight excluding hydrogens is 211 g/mol. The fourth-order valence-corrected chi connectivity index (χ4v) is 2.72. The Kier molecular flexibility index (Phi) is 3.66. The Morgan fingerprint density at radius 3 is 2.41 bits per heavy atom. The van der Waals surface area contributed by atoms with Crippen molar-refractivity contribution < 1.29 is 4.39 Å². The number of rotatable bonds is 2. The van der Waals surface area contributed by atoms with Crippen molar-refractivity contribution in [3.63, 3.8) is 0 Å². The Morgan fingerprint density at radius 2 is 1.88 bits per heavy atom. The highest BCUT2D eigenvalue weighted by Gasteiger charge is 2.20. The van der Waals surface area contributed by atoms with Crippen LogP contribution in [-0.2, 0) is 0 Å². The molecule has 0 nitrogen and oxygen atoms in total. The fraction of sp³-hybridized carbons (Fsp3) is 0.500. The van der Waals surface area contributed by atoms with Gasteiger partial charge in [-0.3, -0.25) is 0 Å². The van der Waals surface area contributed by atoms with Gasteiger partial charge in [0.15, 0.2) is 0 Å². The van der Waals surface area contributed by atoms with Gasteiger partial charge in [0.2, 0.25) is 0 Å². The van der Waals surface area contributed by atoms with Crippen LogP contribution < -0.4 is 0 Å². The topological polar surface area (TPSA) is 0 Å². The van der Waals surface area contributed by atoms with E-state index in [0.29, 0.717) is 11.5 Å². The summed E-state index contributed by atoms with van der Waals surface area (Å²) in [7, 11) is 0. The summed E-state index contributed by atoms with van der Waals surface area (Å²) in [5, 5.41) is 0. The van der Waals surface area contributed by atoms with Crippen molar-refractivity contribution in [2.45, 2.75) is 45.4 Å². The van der Waals surface area contributed by atoms with Crippen LogP contribution in [-0.4, -0.2) is 0 Å². The van der Waals surface area contributed by atoms with Gasteiger partial charge >= 0.3 is 0 Å². The third-order valence-corrected chi connectivity index (χ3v) is 3.94. The van der Waals surface area contributed by atoms with Crippen LogP contribution in [0.4, 0.5) is 4.39 Å². The van der Waals surface area contributed by atoms with Gasteiger partial charge in [-0.1, -0.05) is 38.5 Å². The SMILES string of the molecule is C=C(C)c1ccc(C2CCC(C)CC2)cc1F. The van der Waals surface area contributed by atoms with Crippen LogP contribution in [0.5, 0.6) is 0 Å². The second-order valence-corrected chi connectivity index (χ2v) is 5.48. The lowest BCUT2D eigenvalue weighted by Crippen LogP contribution is -2.11. The van der Waals surface area contributed by atoms with Crippen LogP contribution in [0.1, 0.15) is 56.6 Å². The molecule has 0 atom stereocenters. The van der Waals surface area contributed by atoms with Gasteiger partial charge in [-0.05, 0) is 48.8 Å². The maximum absolute atomic E-state index is 13.9. The second kappa shape index (κ2) is 5.03. The van der Waals surface area contributed by atoms with Gasteiger partial charge in [0.1, 0.15) is 5.82 Å². The summed E-state index contributed by atoms with van der Waals surface area (Å²) >= 11 is 0. The van der Waals surface area contributed by atoms with Crippen molar-refractivity contribution in [2.24, 2.45) is 5.92 Å². The van der Waals surface area contributed by atoms with Crippen molar-refractivity contribution in [1.29, 1.82) is 0 Å². The molecule has 0 saturated heterocycles. The van der Waals surface area contributed by atoms with Gasteiger partial charge in [0, 0.05) is 5.56 Å². The van der Waals surface area contributed by atoms with Gasteiger partial charge < -0.3 is 0 Å². The van der Waals surface area contributed by atoms with Crippen LogP contribution in [0.25, 0.3) is 5.57 Å². The molecule has 0 aliphatic heterocycles. The summed E-state index contributed by atoms with van der Waals surface area (Å²) in [6, 6.07) is 5.67.